The molecule has 1 fully saturated rings. The Morgan fingerprint density at radius 2 is 2.00 bits per heavy atom. The van der Waals surface area contributed by atoms with Gasteiger partial charge in [-0.1, -0.05) is 19.1 Å². The molecule has 1 aromatic heterocycles. The molecule has 6 nitrogen and oxygen atoms in total. The fourth-order valence-electron chi connectivity index (χ4n) is 3.36. The van der Waals surface area contributed by atoms with Crippen LogP contribution in [0.3, 0.4) is 0 Å². The van der Waals surface area contributed by atoms with E-state index in [9.17, 15) is 4.79 Å². The van der Waals surface area contributed by atoms with Crippen molar-refractivity contribution < 1.29 is 9.90 Å². The number of carbonyl (C=O) groups is 1. The lowest BCUT2D eigenvalue weighted by molar-refractivity contribution is 0.0614. The Bertz CT molecular complexity index is 733. The molecule has 0 spiro atoms. The standard InChI is InChI=1S/C19H26N4O2/c1-3-18-17(14-20-23(18)16-6-4-5-15(2)13-16)19(25)22-9-7-21(8-10-22)11-12-24/h4-6,13-14,24H,3,7-12H2,1-2H3. The first-order valence-corrected chi connectivity index (χ1v) is 8.90. The number of carbonyl (C=O) groups excluding carboxylic acids is 1. The number of β-amino-alcohol motifs (C(OH)–C–C–N with tert-alkyl or cyclic N) is 1. The van der Waals surface area contributed by atoms with Crippen LogP contribution in [0, 0.1) is 6.92 Å². The van der Waals surface area contributed by atoms with E-state index >= 15 is 0 Å². The van der Waals surface area contributed by atoms with Gasteiger partial charge in [-0.25, -0.2) is 4.68 Å². The summed E-state index contributed by atoms with van der Waals surface area (Å²) in [6.45, 7) is 7.94. The van der Waals surface area contributed by atoms with E-state index in [4.69, 9.17) is 5.11 Å². The summed E-state index contributed by atoms with van der Waals surface area (Å²) in [4.78, 5) is 17.0. The molecular weight excluding hydrogens is 316 g/mol. The maximum absolute atomic E-state index is 13.0. The van der Waals surface area contributed by atoms with Crippen molar-refractivity contribution in [2.24, 2.45) is 0 Å². The molecule has 134 valence electrons. The molecule has 1 aromatic carbocycles. The lowest BCUT2D eigenvalue weighted by Gasteiger charge is -2.34. The summed E-state index contributed by atoms with van der Waals surface area (Å²) in [6, 6.07) is 8.15. The lowest BCUT2D eigenvalue weighted by Crippen LogP contribution is -2.49. The Morgan fingerprint density at radius 1 is 1.24 bits per heavy atom. The molecule has 1 aliphatic heterocycles. The first-order valence-electron chi connectivity index (χ1n) is 8.90. The summed E-state index contributed by atoms with van der Waals surface area (Å²) in [7, 11) is 0. The number of nitrogens with zero attached hydrogens (tertiary/aromatic N) is 4. The third-order valence-corrected chi connectivity index (χ3v) is 4.76. The van der Waals surface area contributed by atoms with Gasteiger partial charge in [-0.05, 0) is 31.0 Å². The van der Waals surface area contributed by atoms with Crippen LogP contribution in [0.2, 0.25) is 0 Å². The van der Waals surface area contributed by atoms with E-state index < -0.39 is 0 Å². The van der Waals surface area contributed by atoms with Gasteiger partial charge < -0.3 is 10.0 Å². The van der Waals surface area contributed by atoms with Crippen molar-refractivity contribution in [1.29, 1.82) is 0 Å². The van der Waals surface area contributed by atoms with Gasteiger partial charge in [0.25, 0.3) is 5.91 Å². The molecule has 25 heavy (non-hydrogen) atoms. The lowest BCUT2D eigenvalue weighted by atomic mass is 10.1. The highest BCUT2D eigenvalue weighted by atomic mass is 16.3. The zero-order valence-electron chi connectivity index (χ0n) is 15.0. The highest BCUT2D eigenvalue weighted by Gasteiger charge is 2.25. The zero-order chi connectivity index (χ0) is 17.8. The van der Waals surface area contributed by atoms with Gasteiger partial charge in [0.15, 0.2) is 0 Å². The van der Waals surface area contributed by atoms with E-state index in [0.29, 0.717) is 25.2 Å². The molecule has 0 radical (unpaired) electrons. The van der Waals surface area contributed by atoms with Crippen LogP contribution in [0.25, 0.3) is 5.69 Å². The minimum absolute atomic E-state index is 0.0550. The van der Waals surface area contributed by atoms with Crippen molar-refractivity contribution in [1.82, 2.24) is 19.6 Å². The molecule has 0 saturated carbocycles. The molecule has 1 saturated heterocycles. The number of aliphatic hydroxyl groups is 1. The summed E-state index contributed by atoms with van der Waals surface area (Å²) < 4.78 is 1.88. The Labute approximate surface area is 148 Å². The molecule has 0 aliphatic carbocycles. The second kappa shape index (κ2) is 7.80. The third kappa shape index (κ3) is 3.75. The molecule has 1 N–H and O–H groups in total. The number of piperazine rings is 1. The average Bonchev–Trinajstić information content (AvgIpc) is 3.06. The second-order valence-electron chi connectivity index (χ2n) is 6.47. The monoisotopic (exact) mass is 342 g/mol. The Morgan fingerprint density at radius 3 is 2.64 bits per heavy atom. The Hall–Kier alpha value is -2.18. The number of hydrogen-bond donors (Lipinski definition) is 1. The summed E-state index contributed by atoms with van der Waals surface area (Å²) in [5.74, 6) is 0.0550. The van der Waals surface area contributed by atoms with Crippen molar-refractivity contribution in [2.45, 2.75) is 20.3 Å². The third-order valence-electron chi connectivity index (χ3n) is 4.76. The van der Waals surface area contributed by atoms with E-state index in [-0.39, 0.29) is 12.5 Å². The number of hydrogen-bond acceptors (Lipinski definition) is 4. The average molecular weight is 342 g/mol. The van der Waals surface area contributed by atoms with Crippen molar-refractivity contribution in [2.75, 3.05) is 39.3 Å². The summed E-state index contributed by atoms with van der Waals surface area (Å²) in [5, 5.41) is 13.5. The van der Waals surface area contributed by atoms with E-state index in [1.54, 1.807) is 6.20 Å². The van der Waals surface area contributed by atoms with Crippen LogP contribution in [0.1, 0.15) is 28.5 Å². The van der Waals surface area contributed by atoms with Crippen molar-refractivity contribution >= 4 is 5.91 Å². The smallest absolute Gasteiger partial charge is 0.257 e. The highest BCUT2D eigenvalue weighted by Crippen LogP contribution is 2.19. The van der Waals surface area contributed by atoms with E-state index in [1.807, 2.05) is 21.7 Å². The van der Waals surface area contributed by atoms with Gasteiger partial charge in [0.05, 0.1) is 29.7 Å². The molecule has 0 atom stereocenters. The Balaban J connectivity index is 1.80. The van der Waals surface area contributed by atoms with Gasteiger partial charge in [0.2, 0.25) is 0 Å². The number of amides is 1. The molecule has 0 unspecified atom stereocenters. The van der Waals surface area contributed by atoms with Crippen LogP contribution < -0.4 is 0 Å². The molecule has 1 aliphatic rings. The van der Waals surface area contributed by atoms with Crippen LogP contribution >= 0.6 is 0 Å². The number of aromatic nitrogens is 2. The minimum Gasteiger partial charge on any atom is -0.395 e. The fraction of sp³-hybridized carbons (Fsp3) is 0.474. The fourth-order valence-corrected chi connectivity index (χ4v) is 3.36. The van der Waals surface area contributed by atoms with Crippen LogP contribution in [0.4, 0.5) is 0 Å². The molecule has 1 amide bonds. The van der Waals surface area contributed by atoms with Crippen molar-refractivity contribution in [3.8, 4) is 5.69 Å². The predicted octanol–water partition coefficient (Wildman–Crippen LogP) is 1.49. The van der Waals surface area contributed by atoms with Crippen molar-refractivity contribution in [3.05, 3.63) is 47.3 Å². The van der Waals surface area contributed by atoms with Gasteiger partial charge in [0, 0.05) is 32.7 Å². The summed E-state index contributed by atoms with van der Waals surface area (Å²) in [6.07, 6.45) is 2.45. The first kappa shape index (κ1) is 17.6. The van der Waals surface area contributed by atoms with Crippen LogP contribution in [0.15, 0.2) is 30.5 Å². The van der Waals surface area contributed by atoms with E-state index in [2.05, 4.69) is 36.0 Å². The normalized spacial score (nSPS) is 15.6. The number of benzene rings is 1. The number of aliphatic hydroxyl groups excluding tert-OH is 1. The summed E-state index contributed by atoms with van der Waals surface area (Å²) in [5.41, 5.74) is 3.81. The SMILES string of the molecule is CCc1c(C(=O)N2CCN(CCO)CC2)cnn1-c1cccc(C)c1. The van der Waals surface area contributed by atoms with Crippen LogP contribution in [-0.4, -0.2) is 69.9 Å². The van der Waals surface area contributed by atoms with Gasteiger partial charge >= 0.3 is 0 Å². The zero-order valence-corrected chi connectivity index (χ0v) is 15.0. The topological polar surface area (TPSA) is 61.6 Å². The molecule has 0 bridgehead atoms. The summed E-state index contributed by atoms with van der Waals surface area (Å²) >= 11 is 0. The van der Waals surface area contributed by atoms with E-state index in [1.165, 1.54) is 5.56 Å². The molecule has 2 aromatic rings. The maximum Gasteiger partial charge on any atom is 0.257 e. The molecular formula is C19H26N4O2. The van der Waals surface area contributed by atoms with Crippen LogP contribution in [0.5, 0.6) is 0 Å². The largest absolute Gasteiger partial charge is 0.395 e. The molecule has 2 heterocycles. The van der Waals surface area contributed by atoms with Crippen LogP contribution in [-0.2, 0) is 6.42 Å². The maximum atomic E-state index is 13.0. The number of aryl methyl sites for hydroxylation is 1. The second-order valence-corrected chi connectivity index (χ2v) is 6.47. The predicted molar refractivity (Wildman–Crippen MR) is 97.1 cm³/mol. The quantitative estimate of drug-likeness (QED) is 0.894. The van der Waals surface area contributed by atoms with E-state index in [0.717, 1.165) is 30.9 Å². The van der Waals surface area contributed by atoms with Gasteiger partial charge in [-0.3, -0.25) is 9.69 Å². The molecule has 6 heteroatoms. The Kier molecular flexibility index (Phi) is 5.50. The highest BCUT2D eigenvalue weighted by molar-refractivity contribution is 5.95. The van der Waals surface area contributed by atoms with Gasteiger partial charge in [0.1, 0.15) is 0 Å². The minimum atomic E-state index is 0.0550. The van der Waals surface area contributed by atoms with Gasteiger partial charge in [-0.2, -0.15) is 5.10 Å². The number of rotatable bonds is 5. The van der Waals surface area contributed by atoms with Crippen molar-refractivity contribution in [3.63, 3.8) is 0 Å². The van der Waals surface area contributed by atoms with Gasteiger partial charge in [-0.15, -0.1) is 0 Å². The first-order chi connectivity index (χ1) is 12.1. The molecule has 3 rings (SSSR count).